The largest absolute Gasteiger partial charge is 0.408 e. The zero-order valence-corrected chi connectivity index (χ0v) is 11.8. The molecule has 2 amide bonds. The number of hydrogen-bond donors (Lipinski definition) is 2. The number of nitrogens with one attached hydrogen (secondary N) is 2. The second-order valence-electron chi connectivity index (χ2n) is 5.11. The summed E-state index contributed by atoms with van der Waals surface area (Å²) in [7, 11) is 0. The summed E-state index contributed by atoms with van der Waals surface area (Å²) in [5, 5.41) is 1.78. The SMILES string of the molecule is O=C(NOCc1ccc(F)cc1)C1CCC(C(F)(F)F)NC1=O. The van der Waals surface area contributed by atoms with Crippen LogP contribution in [0.1, 0.15) is 18.4 Å². The van der Waals surface area contributed by atoms with Crippen LogP contribution in [0.25, 0.3) is 0 Å². The number of piperidine rings is 1. The second kappa shape index (κ2) is 6.95. The van der Waals surface area contributed by atoms with Crippen molar-refractivity contribution in [2.24, 2.45) is 5.92 Å². The molecule has 1 aromatic carbocycles. The molecule has 1 heterocycles. The van der Waals surface area contributed by atoms with E-state index in [0.29, 0.717) is 5.56 Å². The molecule has 1 saturated heterocycles. The summed E-state index contributed by atoms with van der Waals surface area (Å²) in [5.41, 5.74) is 2.61. The molecule has 1 aliphatic rings. The molecule has 0 radical (unpaired) electrons. The van der Waals surface area contributed by atoms with Gasteiger partial charge in [0.2, 0.25) is 5.91 Å². The zero-order valence-electron chi connectivity index (χ0n) is 11.8. The van der Waals surface area contributed by atoms with Gasteiger partial charge in [-0.25, -0.2) is 9.87 Å². The molecule has 0 spiro atoms. The highest BCUT2D eigenvalue weighted by Crippen LogP contribution is 2.28. The molecular weight excluding hydrogens is 320 g/mol. The van der Waals surface area contributed by atoms with Gasteiger partial charge in [0, 0.05) is 0 Å². The van der Waals surface area contributed by atoms with Gasteiger partial charge < -0.3 is 5.32 Å². The standard InChI is InChI=1S/C14H14F4N2O3/c15-9-3-1-8(2-4-9)7-23-20-13(22)10-5-6-11(14(16,17)18)19-12(10)21/h1-4,10-11H,5-7H2,(H,19,21)(H,20,22). The molecule has 2 rings (SSSR count). The van der Waals surface area contributed by atoms with Gasteiger partial charge in [-0.2, -0.15) is 13.2 Å². The van der Waals surface area contributed by atoms with E-state index < -0.39 is 35.8 Å². The Kier molecular flexibility index (Phi) is 5.19. The minimum atomic E-state index is -4.53. The lowest BCUT2D eigenvalue weighted by atomic mass is 9.93. The molecule has 0 aromatic heterocycles. The highest BCUT2D eigenvalue weighted by molar-refractivity contribution is 6.00. The fourth-order valence-corrected chi connectivity index (χ4v) is 2.15. The minimum Gasteiger partial charge on any atom is -0.344 e. The molecule has 5 nitrogen and oxygen atoms in total. The van der Waals surface area contributed by atoms with Crippen LogP contribution >= 0.6 is 0 Å². The van der Waals surface area contributed by atoms with E-state index in [1.807, 2.05) is 5.48 Å². The number of rotatable bonds is 4. The Hall–Kier alpha value is -2.16. The third kappa shape index (κ3) is 4.65. The van der Waals surface area contributed by atoms with Crippen molar-refractivity contribution in [3.05, 3.63) is 35.6 Å². The van der Waals surface area contributed by atoms with Crippen LogP contribution in [0.5, 0.6) is 0 Å². The maximum atomic E-state index is 12.7. The fraction of sp³-hybridized carbons (Fsp3) is 0.429. The Bertz CT molecular complexity index is 574. The van der Waals surface area contributed by atoms with E-state index in [1.165, 1.54) is 24.3 Å². The van der Waals surface area contributed by atoms with Crippen LogP contribution in [-0.2, 0) is 21.0 Å². The van der Waals surface area contributed by atoms with E-state index >= 15 is 0 Å². The smallest absolute Gasteiger partial charge is 0.344 e. The van der Waals surface area contributed by atoms with Gasteiger partial charge in [0.05, 0.1) is 6.61 Å². The van der Waals surface area contributed by atoms with Gasteiger partial charge in [-0.1, -0.05) is 12.1 Å². The maximum Gasteiger partial charge on any atom is 0.408 e. The van der Waals surface area contributed by atoms with Crippen molar-refractivity contribution in [3.8, 4) is 0 Å². The van der Waals surface area contributed by atoms with Gasteiger partial charge >= 0.3 is 6.18 Å². The molecule has 1 fully saturated rings. The first kappa shape index (κ1) is 17.2. The number of carbonyl (C=O) groups is 2. The molecule has 0 saturated carbocycles. The van der Waals surface area contributed by atoms with E-state index in [9.17, 15) is 27.2 Å². The fourth-order valence-electron chi connectivity index (χ4n) is 2.15. The lowest BCUT2D eigenvalue weighted by molar-refractivity contribution is -0.172. The van der Waals surface area contributed by atoms with E-state index in [0.717, 1.165) is 0 Å². The van der Waals surface area contributed by atoms with Crippen molar-refractivity contribution in [3.63, 3.8) is 0 Å². The first-order valence-corrected chi connectivity index (χ1v) is 6.80. The molecule has 9 heteroatoms. The van der Waals surface area contributed by atoms with Crippen LogP contribution in [0.4, 0.5) is 17.6 Å². The van der Waals surface area contributed by atoms with Crippen LogP contribution in [0.2, 0.25) is 0 Å². The van der Waals surface area contributed by atoms with Gasteiger partial charge in [-0.05, 0) is 30.5 Å². The second-order valence-corrected chi connectivity index (χ2v) is 5.11. The number of hydrogen-bond acceptors (Lipinski definition) is 3. The van der Waals surface area contributed by atoms with Gasteiger partial charge in [0.25, 0.3) is 5.91 Å². The average Bonchev–Trinajstić information content (AvgIpc) is 2.48. The summed E-state index contributed by atoms with van der Waals surface area (Å²) in [5.74, 6) is -3.45. The molecule has 126 valence electrons. The Labute approximate surface area is 128 Å². The van der Waals surface area contributed by atoms with Crippen LogP contribution in [0.15, 0.2) is 24.3 Å². The molecule has 23 heavy (non-hydrogen) atoms. The highest BCUT2D eigenvalue weighted by Gasteiger charge is 2.45. The predicted octanol–water partition coefficient (Wildman–Crippen LogP) is 1.83. The summed E-state index contributed by atoms with van der Waals surface area (Å²) in [4.78, 5) is 28.3. The van der Waals surface area contributed by atoms with E-state index in [2.05, 4.69) is 0 Å². The van der Waals surface area contributed by atoms with Gasteiger partial charge in [-0.3, -0.25) is 14.4 Å². The third-order valence-electron chi connectivity index (χ3n) is 3.41. The summed E-state index contributed by atoms with van der Waals surface area (Å²) in [6.07, 6.45) is -5.12. The van der Waals surface area contributed by atoms with Crippen molar-refractivity contribution >= 4 is 11.8 Å². The van der Waals surface area contributed by atoms with Crippen LogP contribution in [0.3, 0.4) is 0 Å². The van der Waals surface area contributed by atoms with E-state index in [1.54, 1.807) is 5.32 Å². The van der Waals surface area contributed by atoms with Crippen molar-refractivity contribution < 1.29 is 32.0 Å². The van der Waals surface area contributed by atoms with Crippen molar-refractivity contribution in [1.29, 1.82) is 0 Å². The molecule has 1 aromatic rings. The van der Waals surface area contributed by atoms with E-state index in [-0.39, 0.29) is 19.4 Å². The number of hydroxylamine groups is 1. The van der Waals surface area contributed by atoms with Gasteiger partial charge in [-0.15, -0.1) is 0 Å². The molecule has 0 aliphatic carbocycles. The van der Waals surface area contributed by atoms with Crippen molar-refractivity contribution in [2.45, 2.75) is 31.7 Å². The molecule has 2 unspecified atom stereocenters. The first-order valence-electron chi connectivity index (χ1n) is 6.80. The van der Waals surface area contributed by atoms with E-state index in [4.69, 9.17) is 4.84 Å². The Balaban J connectivity index is 1.80. The Morgan fingerprint density at radius 1 is 1.26 bits per heavy atom. The number of benzene rings is 1. The topological polar surface area (TPSA) is 67.4 Å². The van der Waals surface area contributed by atoms with Crippen LogP contribution in [-0.4, -0.2) is 24.0 Å². The highest BCUT2D eigenvalue weighted by atomic mass is 19.4. The lowest BCUT2D eigenvalue weighted by Gasteiger charge is -2.29. The Morgan fingerprint density at radius 3 is 2.48 bits per heavy atom. The van der Waals surface area contributed by atoms with Crippen LogP contribution in [0, 0.1) is 11.7 Å². The number of carbonyl (C=O) groups excluding carboxylic acids is 2. The van der Waals surface area contributed by atoms with Gasteiger partial charge in [0.1, 0.15) is 17.8 Å². The summed E-state index contributed by atoms with van der Waals surface area (Å²) < 4.78 is 50.2. The van der Waals surface area contributed by atoms with Crippen LogP contribution < -0.4 is 10.8 Å². The summed E-state index contributed by atoms with van der Waals surface area (Å²) >= 11 is 0. The lowest BCUT2D eigenvalue weighted by Crippen LogP contribution is -2.54. The number of alkyl halides is 3. The normalized spacial score (nSPS) is 21.7. The minimum absolute atomic E-state index is 0.0640. The summed E-state index contributed by atoms with van der Waals surface area (Å²) in [6.45, 7) is -0.0640. The van der Waals surface area contributed by atoms with Gasteiger partial charge in [0.15, 0.2) is 0 Å². The predicted molar refractivity (Wildman–Crippen MR) is 70.0 cm³/mol. The monoisotopic (exact) mass is 334 g/mol. The third-order valence-corrected chi connectivity index (χ3v) is 3.41. The Morgan fingerprint density at radius 2 is 1.91 bits per heavy atom. The van der Waals surface area contributed by atoms with Crippen molar-refractivity contribution in [2.75, 3.05) is 0 Å². The first-order chi connectivity index (χ1) is 10.8. The van der Waals surface area contributed by atoms with Crippen molar-refractivity contribution in [1.82, 2.24) is 10.8 Å². The maximum absolute atomic E-state index is 12.7. The molecule has 0 bridgehead atoms. The zero-order chi connectivity index (χ0) is 17.0. The molecule has 2 N–H and O–H groups in total. The molecular formula is C14H14F4N2O3. The average molecular weight is 334 g/mol. The quantitative estimate of drug-likeness (QED) is 0.501. The molecule has 1 aliphatic heterocycles. The summed E-state index contributed by atoms with van der Waals surface area (Å²) in [6, 6.07) is 3.39. The molecule has 2 atom stereocenters. The number of halogens is 4. The number of amides is 2.